The van der Waals surface area contributed by atoms with Gasteiger partial charge in [0.2, 0.25) is 0 Å². The Morgan fingerprint density at radius 1 is 1.59 bits per heavy atom. The highest BCUT2D eigenvalue weighted by molar-refractivity contribution is 7.98. The maximum absolute atomic E-state index is 11.8. The SMILES string of the molecule is CSC[C@H](C)CNC(=O)N1CC[C@@H]([C@@H](C)O)C1. The highest BCUT2D eigenvalue weighted by atomic mass is 32.2. The van der Waals surface area contributed by atoms with Crippen molar-refractivity contribution in [2.75, 3.05) is 31.6 Å². The summed E-state index contributed by atoms with van der Waals surface area (Å²) in [5, 5.41) is 12.4. The largest absolute Gasteiger partial charge is 0.393 e. The molecule has 3 atom stereocenters. The van der Waals surface area contributed by atoms with Crippen LogP contribution in [-0.4, -0.2) is 53.8 Å². The van der Waals surface area contributed by atoms with Crippen LogP contribution in [0.25, 0.3) is 0 Å². The van der Waals surface area contributed by atoms with Crippen LogP contribution < -0.4 is 5.32 Å². The molecular weight excluding hydrogens is 236 g/mol. The normalized spacial score (nSPS) is 23.5. The lowest BCUT2D eigenvalue weighted by Gasteiger charge is -2.19. The number of carbonyl (C=O) groups excluding carboxylic acids is 1. The molecule has 1 saturated heterocycles. The van der Waals surface area contributed by atoms with Gasteiger partial charge in [-0.15, -0.1) is 0 Å². The molecular formula is C12H24N2O2S. The first-order valence-electron chi connectivity index (χ1n) is 6.24. The molecule has 4 nitrogen and oxygen atoms in total. The van der Waals surface area contributed by atoms with Gasteiger partial charge in [-0.1, -0.05) is 6.92 Å². The highest BCUT2D eigenvalue weighted by Crippen LogP contribution is 2.19. The zero-order valence-corrected chi connectivity index (χ0v) is 11.8. The molecule has 1 aliphatic heterocycles. The second-order valence-corrected chi connectivity index (χ2v) is 5.89. The van der Waals surface area contributed by atoms with Gasteiger partial charge in [-0.05, 0) is 31.3 Å². The zero-order valence-electron chi connectivity index (χ0n) is 11.0. The molecule has 0 aromatic heterocycles. The molecule has 0 aromatic rings. The van der Waals surface area contributed by atoms with Gasteiger partial charge in [0.15, 0.2) is 0 Å². The molecule has 1 rings (SSSR count). The zero-order chi connectivity index (χ0) is 12.8. The molecule has 5 heteroatoms. The van der Waals surface area contributed by atoms with Crippen molar-refractivity contribution in [1.29, 1.82) is 0 Å². The summed E-state index contributed by atoms with van der Waals surface area (Å²) >= 11 is 1.80. The Balaban J connectivity index is 2.25. The van der Waals surface area contributed by atoms with Gasteiger partial charge in [-0.25, -0.2) is 4.79 Å². The predicted molar refractivity (Wildman–Crippen MR) is 72.3 cm³/mol. The molecule has 100 valence electrons. The fraction of sp³-hybridized carbons (Fsp3) is 0.917. The van der Waals surface area contributed by atoms with E-state index in [1.807, 2.05) is 4.90 Å². The number of nitrogens with zero attached hydrogens (tertiary/aromatic N) is 1. The fourth-order valence-electron chi connectivity index (χ4n) is 2.08. The number of rotatable bonds is 5. The lowest BCUT2D eigenvalue weighted by molar-refractivity contribution is 0.129. The van der Waals surface area contributed by atoms with Crippen LogP contribution >= 0.6 is 11.8 Å². The van der Waals surface area contributed by atoms with Crippen molar-refractivity contribution in [3.8, 4) is 0 Å². The minimum absolute atomic E-state index is 0.0149. The first kappa shape index (κ1) is 14.6. The highest BCUT2D eigenvalue weighted by Gasteiger charge is 2.28. The maximum Gasteiger partial charge on any atom is 0.317 e. The minimum Gasteiger partial charge on any atom is -0.393 e. The lowest BCUT2D eigenvalue weighted by atomic mass is 10.0. The van der Waals surface area contributed by atoms with Gasteiger partial charge in [0.05, 0.1) is 6.10 Å². The van der Waals surface area contributed by atoms with Gasteiger partial charge < -0.3 is 15.3 Å². The number of aliphatic hydroxyl groups excluding tert-OH is 1. The first-order chi connectivity index (χ1) is 8.04. The maximum atomic E-state index is 11.8. The van der Waals surface area contributed by atoms with E-state index in [4.69, 9.17) is 0 Å². The third kappa shape index (κ3) is 4.76. The molecule has 0 saturated carbocycles. The fourth-order valence-corrected chi connectivity index (χ4v) is 2.77. The number of thioether (sulfide) groups is 1. The van der Waals surface area contributed by atoms with E-state index in [1.54, 1.807) is 18.7 Å². The molecule has 0 spiro atoms. The second kappa shape index (κ2) is 7.11. The third-order valence-corrected chi connectivity index (χ3v) is 4.15. The number of likely N-dealkylation sites (tertiary alicyclic amines) is 1. The van der Waals surface area contributed by atoms with Crippen molar-refractivity contribution in [1.82, 2.24) is 10.2 Å². The van der Waals surface area contributed by atoms with Crippen LogP contribution in [0.15, 0.2) is 0 Å². The minimum atomic E-state index is -0.316. The van der Waals surface area contributed by atoms with Gasteiger partial charge in [0.25, 0.3) is 0 Å². The van der Waals surface area contributed by atoms with Gasteiger partial charge in [0, 0.05) is 25.6 Å². The van der Waals surface area contributed by atoms with E-state index in [2.05, 4.69) is 18.5 Å². The smallest absolute Gasteiger partial charge is 0.317 e. The van der Waals surface area contributed by atoms with E-state index in [0.29, 0.717) is 12.5 Å². The van der Waals surface area contributed by atoms with Crippen molar-refractivity contribution in [2.24, 2.45) is 11.8 Å². The summed E-state index contributed by atoms with van der Waals surface area (Å²) in [5.41, 5.74) is 0. The number of nitrogens with one attached hydrogen (secondary N) is 1. The van der Waals surface area contributed by atoms with E-state index in [0.717, 1.165) is 25.3 Å². The summed E-state index contributed by atoms with van der Waals surface area (Å²) in [5.74, 6) is 1.81. The standard InChI is InChI=1S/C12H24N2O2S/c1-9(8-17-3)6-13-12(16)14-5-4-11(7-14)10(2)15/h9-11,15H,4-8H2,1-3H3,(H,13,16)/t9-,10-,11-/m1/s1. The van der Waals surface area contributed by atoms with Crippen molar-refractivity contribution in [2.45, 2.75) is 26.4 Å². The summed E-state index contributed by atoms with van der Waals surface area (Å²) in [6, 6.07) is 0.0149. The van der Waals surface area contributed by atoms with Gasteiger partial charge in [-0.3, -0.25) is 0 Å². The lowest BCUT2D eigenvalue weighted by Crippen LogP contribution is -2.41. The Labute approximate surface area is 108 Å². The van der Waals surface area contributed by atoms with Crippen LogP contribution in [-0.2, 0) is 0 Å². The van der Waals surface area contributed by atoms with Crippen LogP contribution in [0.1, 0.15) is 20.3 Å². The van der Waals surface area contributed by atoms with Crippen LogP contribution in [0.4, 0.5) is 4.79 Å². The monoisotopic (exact) mass is 260 g/mol. The van der Waals surface area contributed by atoms with Crippen LogP contribution in [0, 0.1) is 11.8 Å². The summed E-state index contributed by atoms with van der Waals surface area (Å²) < 4.78 is 0. The Morgan fingerprint density at radius 2 is 2.29 bits per heavy atom. The van der Waals surface area contributed by atoms with E-state index in [-0.39, 0.29) is 18.1 Å². The molecule has 0 radical (unpaired) electrons. The summed E-state index contributed by atoms with van der Waals surface area (Å²) in [6.07, 6.45) is 2.67. The van der Waals surface area contributed by atoms with E-state index in [1.165, 1.54) is 0 Å². The van der Waals surface area contributed by atoms with E-state index in [9.17, 15) is 9.90 Å². The molecule has 1 aliphatic rings. The third-order valence-electron chi connectivity index (χ3n) is 3.25. The topological polar surface area (TPSA) is 52.6 Å². The number of hydrogen-bond donors (Lipinski definition) is 2. The van der Waals surface area contributed by atoms with Crippen molar-refractivity contribution >= 4 is 17.8 Å². The summed E-state index contributed by atoms with van der Waals surface area (Å²) in [6.45, 7) is 6.11. The van der Waals surface area contributed by atoms with Gasteiger partial charge in [-0.2, -0.15) is 11.8 Å². The van der Waals surface area contributed by atoms with Crippen LogP contribution in [0.2, 0.25) is 0 Å². The molecule has 1 heterocycles. The summed E-state index contributed by atoms with van der Waals surface area (Å²) in [7, 11) is 0. The number of urea groups is 1. The molecule has 1 fully saturated rings. The molecule has 0 aliphatic carbocycles. The molecule has 0 bridgehead atoms. The van der Waals surface area contributed by atoms with Crippen LogP contribution in [0.5, 0.6) is 0 Å². The Kier molecular flexibility index (Phi) is 6.12. The van der Waals surface area contributed by atoms with E-state index >= 15 is 0 Å². The van der Waals surface area contributed by atoms with Crippen molar-refractivity contribution in [3.63, 3.8) is 0 Å². The first-order valence-corrected chi connectivity index (χ1v) is 7.63. The van der Waals surface area contributed by atoms with Crippen molar-refractivity contribution < 1.29 is 9.90 Å². The molecule has 0 aromatic carbocycles. The number of aliphatic hydroxyl groups is 1. The molecule has 17 heavy (non-hydrogen) atoms. The Bertz CT molecular complexity index is 249. The summed E-state index contributed by atoms with van der Waals surface area (Å²) in [4.78, 5) is 13.7. The molecule has 2 N–H and O–H groups in total. The number of hydrogen-bond acceptors (Lipinski definition) is 3. The molecule has 2 amide bonds. The second-order valence-electron chi connectivity index (χ2n) is 4.98. The Morgan fingerprint density at radius 3 is 2.82 bits per heavy atom. The van der Waals surface area contributed by atoms with Gasteiger partial charge in [0.1, 0.15) is 0 Å². The number of amides is 2. The Hall–Kier alpha value is -0.420. The van der Waals surface area contributed by atoms with E-state index < -0.39 is 0 Å². The average Bonchev–Trinajstić information content (AvgIpc) is 2.75. The van der Waals surface area contributed by atoms with Crippen molar-refractivity contribution in [3.05, 3.63) is 0 Å². The quantitative estimate of drug-likeness (QED) is 0.785. The molecule has 0 unspecified atom stereocenters. The predicted octanol–water partition coefficient (Wildman–Crippen LogP) is 1.40. The van der Waals surface area contributed by atoms with Crippen LogP contribution in [0.3, 0.4) is 0 Å². The number of carbonyl (C=O) groups is 1. The van der Waals surface area contributed by atoms with Gasteiger partial charge >= 0.3 is 6.03 Å². The average molecular weight is 260 g/mol.